The lowest BCUT2D eigenvalue weighted by molar-refractivity contribution is 0.0527. The highest BCUT2D eigenvalue weighted by atomic mass is 32.1. The standard InChI is InChI=1S/C19H20FNO3S/c1-2-24-19(23)16-14-9-4-3-5-10-15(14)25-18(16)21-17(22)12-7-6-8-13(20)11-12/h6-8,11H,2-5,9-10H2,1H3,(H,21,22). The predicted octanol–water partition coefficient (Wildman–Crippen LogP) is 4.59. The summed E-state index contributed by atoms with van der Waals surface area (Å²) in [5.74, 6) is -1.31. The van der Waals surface area contributed by atoms with Crippen molar-refractivity contribution in [1.82, 2.24) is 0 Å². The van der Waals surface area contributed by atoms with E-state index in [1.165, 1.54) is 29.5 Å². The molecule has 1 aliphatic carbocycles. The van der Waals surface area contributed by atoms with Crippen LogP contribution in [0.15, 0.2) is 24.3 Å². The molecule has 6 heteroatoms. The zero-order valence-corrected chi connectivity index (χ0v) is 14.9. The van der Waals surface area contributed by atoms with Crippen molar-refractivity contribution in [3.8, 4) is 0 Å². The molecule has 1 aromatic heterocycles. The van der Waals surface area contributed by atoms with Gasteiger partial charge in [0.1, 0.15) is 10.8 Å². The zero-order chi connectivity index (χ0) is 17.8. The Morgan fingerprint density at radius 1 is 1.24 bits per heavy atom. The lowest BCUT2D eigenvalue weighted by atomic mass is 10.1. The molecule has 132 valence electrons. The van der Waals surface area contributed by atoms with E-state index in [-0.39, 0.29) is 12.2 Å². The second-order valence-electron chi connectivity index (χ2n) is 5.95. The number of aryl methyl sites for hydroxylation is 1. The molecule has 0 aliphatic heterocycles. The smallest absolute Gasteiger partial charge is 0.341 e. The summed E-state index contributed by atoms with van der Waals surface area (Å²) in [6, 6.07) is 5.49. The average molecular weight is 361 g/mol. The number of esters is 1. The van der Waals surface area contributed by atoms with E-state index < -0.39 is 17.7 Å². The van der Waals surface area contributed by atoms with Crippen LogP contribution in [0.25, 0.3) is 0 Å². The summed E-state index contributed by atoms with van der Waals surface area (Å²) >= 11 is 1.43. The van der Waals surface area contributed by atoms with Crippen molar-refractivity contribution in [1.29, 1.82) is 0 Å². The number of amides is 1. The van der Waals surface area contributed by atoms with Gasteiger partial charge in [0.05, 0.1) is 12.2 Å². The molecule has 25 heavy (non-hydrogen) atoms. The van der Waals surface area contributed by atoms with Gasteiger partial charge in [0, 0.05) is 10.4 Å². The molecule has 0 fully saturated rings. The molecule has 0 atom stereocenters. The Labute approximate surface area is 150 Å². The Morgan fingerprint density at radius 3 is 2.80 bits per heavy atom. The molecule has 0 unspecified atom stereocenters. The Bertz CT molecular complexity index is 800. The van der Waals surface area contributed by atoms with Crippen molar-refractivity contribution in [3.05, 3.63) is 51.7 Å². The van der Waals surface area contributed by atoms with Gasteiger partial charge in [-0.25, -0.2) is 9.18 Å². The molecule has 1 aliphatic rings. The number of carbonyl (C=O) groups is 2. The number of thiophene rings is 1. The summed E-state index contributed by atoms with van der Waals surface area (Å²) in [5, 5.41) is 3.28. The van der Waals surface area contributed by atoms with E-state index in [1.807, 2.05) is 0 Å². The number of ether oxygens (including phenoxy) is 1. The maximum absolute atomic E-state index is 13.4. The lowest BCUT2D eigenvalue weighted by Gasteiger charge is -2.08. The fraction of sp³-hybridized carbons (Fsp3) is 0.368. The molecule has 0 radical (unpaired) electrons. The molecule has 1 N–H and O–H groups in total. The highest BCUT2D eigenvalue weighted by molar-refractivity contribution is 7.17. The van der Waals surface area contributed by atoms with E-state index in [1.54, 1.807) is 13.0 Å². The molecule has 4 nitrogen and oxygen atoms in total. The van der Waals surface area contributed by atoms with Crippen LogP contribution in [-0.4, -0.2) is 18.5 Å². The van der Waals surface area contributed by atoms with Crippen LogP contribution >= 0.6 is 11.3 Å². The molecular formula is C19H20FNO3S. The van der Waals surface area contributed by atoms with E-state index in [2.05, 4.69) is 5.32 Å². The summed E-state index contributed by atoms with van der Waals surface area (Å²) in [6.07, 6.45) is 4.95. The number of hydrogen-bond donors (Lipinski definition) is 1. The molecule has 1 aromatic carbocycles. The quantitative estimate of drug-likeness (QED) is 0.640. The molecule has 1 amide bonds. The highest BCUT2D eigenvalue weighted by Gasteiger charge is 2.26. The summed E-state index contributed by atoms with van der Waals surface area (Å²) in [4.78, 5) is 26.0. The molecule has 1 heterocycles. The van der Waals surface area contributed by atoms with Crippen LogP contribution in [0.3, 0.4) is 0 Å². The van der Waals surface area contributed by atoms with Crippen molar-refractivity contribution in [2.75, 3.05) is 11.9 Å². The summed E-state index contributed by atoms with van der Waals surface area (Å²) < 4.78 is 18.6. The molecule has 0 saturated heterocycles. The monoisotopic (exact) mass is 361 g/mol. The van der Waals surface area contributed by atoms with Gasteiger partial charge in [0.25, 0.3) is 5.91 Å². The van der Waals surface area contributed by atoms with Gasteiger partial charge in [0.15, 0.2) is 0 Å². The van der Waals surface area contributed by atoms with Crippen LogP contribution in [0.2, 0.25) is 0 Å². The number of halogens is 1. The van der Waals surface area contributed by atoms with E-state index in [0.717, 1.165) is 42.5 Å². The fourth-order valence-electron chi connectivity index (χ4n) is 3.05. The van der Waals surface area contributed by atoms with Crippen molar-refractivity contribution in [3.63, 3.8) is 0 Å². The third-order valence-electron chi connectivity index (χ3n) is 4.21. The van der Waals surface area contributed by atoms with E-state index in [0.29, 0.717) is 10.6 Å². The minimum Gasteiger partial charge on any atom is -0.462 e. The summed E-state index contributed by atoms with van der Waals surface area (Å²) in [6.45, 7) is 2.04. The van der Waals surface area contributed by atoms with Gasteiger partial charge in [-0.15, -0.1) is 11.3 Å². The van der Waals surface area contributed by atoms with Gasteiger partial charge in [-0.1, -0.05) is 12.5 Å². The molecule has 2 aromatic rings. The van der Waals surface area contributed by atoms with Crippen molar-refractivity contribution < 1.29 is 18.7 Å². The minimum absolute atomic E-state index is 0.221. The van der Waals surface area contributed by atoms with Crippen molar-refractivity contribution in [2.24, 2.45) is 0 Å². The van der Waals surface area contributed by atoms with Gasteiger partial charge in [-0.3, -0.25) is 4.79 Å². The minimum atomic E-state index is -0.472. The zero-order valence-electron chi connectivity index (χ0n) is 14.1. The first kappa shape index (κ1) is 17.6. The van der Waals surface area contributed by atoms with Crippen LogP contribution in [-0.2, 0) is 17.6 Å². The van der Waals surface area contributed by atoms with Crippen LogP contribution in [0, 0.1) is 5.82 Å². The summed E-state index contributed by atoms with van der Waals surface area (Å²) in [7, 11) is 0. The second-order valence-corrected chi connectivity index (χ2v) is 7.06. The number of nitrogens with one attached hydrogen (secondary N) is 1. The number of benzene rings is 1. The van der Waals surface area contributed by atoms with Crippen molar-refractivity contribution >= 4 is 28.2 Å². The molecule has 0 bridgehead atoms. The van der Waals surface area contributed by atoms with Crippen LogP contribution < -0.4 is 5.32 Å². The SMILES string of the molecule is CCOC(=O)c1c(NC(=O)c2cccc(F)c2)sc2c1CCCCC2. The first-order chi connectivity index (χ1) is 12.1. The van der Waals surface area contributed by atoms with Gasteiger partial charge in [0.2, 0.25) is 0 Å². The van der Waals surface area contributed by atoms with E-state index in [4.69, 9.17) is 4.74 Å². The Morgan fingerprint density at radius 2 is 2.04 bits per heavy atom. The molecule has 0 spiro atoms. The Kier molecular flexibility index (Phi) is 5.48. The first-order valence-corrected chi connectivity index (χ1v) is 9.30. The highest BCUT2D eigenvalue weighted by Crippen LogP contribution is 2.38. The number of anilines is 1. The first-order valence-electron chi connectivity index (χ1n) is 8.48. The number of fused-ring (bicyclic) bond motifs is 1. The van der Waals surface area contributed by atoms with E-state index in [9.17, 15) is 14.0 Å². The van der Waals surface area contributed by atoms with Crippen LogP contribution in [0.5, 0.6) is 0 Å². The third kappa shape index (κ3) is 3.90. The summed E-state index contributed by atoms with van der Waals surface area (Å²) in [5.41, 5.74) is 1.68. The topological polar surface area (TPSA) is 55.4 Å². The molecular weight excluding hydrogens is 341 g/mol. The van der Waals surface area contributed by atoms with Crippen LogP contribution in [0.1, 0.15) is 57.3 Å². The lowest BCUT2D eigenvalue weighted by Crippen LogP contribution is -2.15. The second kappa shape index (κ2) is 7.78. The maximum atomic E-state index is 13.4. The number of carbonyl (C=O) groups excluding carboxylic acids is 2. The number of rotatable bonds is 4. The van der Waals surface area contributed by atoms with Crippen molar-refractivity contribution in [2.45, 2.75) is 39.0 Å². The van der Waals surface area contributed by atoms with Crippen LogP contribution in [0.4, 0.5) is 9.39 Å². The van der Waals surface area contributed by atoms with Gasteiger partial charge >= 0.3 is 5.97 Å². The van der Waals surface area contributed by atoms with Gasteiger partial charge < -0.3 is 10.1 Å². The molecule has 3 rings (SSSR count). The van der Waals surface area contributed by atoms with Gasteiger partial charge in [-0.2, -0.15) is 0 Å². The normalized spacial score (nSPS) is 13.7. The fourth-order valence-corrected chi connectivity index (χ4v) is 4.33. The largest absolute Gasteiger partial charge is 0.462 e. The maximum Gasteiger partial charge on any atom is 0.341 e. The molecule has 0 saturated carbocycles. The average Bonchev–Trinajstić information content (AvgIpc) is 2.76. The Balaban J connectivity index is 1.94. The third-order valence-corrected chi connectivity index (χ3v) is 5.42. The van der Waals surface area contributed by atoms with E-state index >= 15 is 0 Å². The Hall–Kier alpha value is -2.21. The predicted molar refractivity (Wildman–Crippen MR) is 95.9 cm³/mol. The van der Waals surface area contributed by atoms with Gasteiger partial charge in [-0.05, 0) is 56.4 Å². The number of hydrogen-bond acceptors (Lipinski definition) is 4.